The molecule has 0 saturated heterocycles. The van der Waals surface area contributed by atoms with Gasteiger partial charge in [-0.25, -0.2) is 4.79 Å². The first-order valence-electron chi connectivity index (χ1n) is 7.93. The van der Waals surface area contributed by atoms with Gasteiger partial charge >= 0.3 is 5.97 Å². The van der Waals surface area contributed by atoms with E-state index in [1.165, 1.54) is 18.9 Å². The van der Waals surface area contributed by atoms with E-state index in [1.54, 1.807) is 0 Å². The monoisotopic (exact) mass is 302 g/mol. The Morgan fingerprint density at radius 2 is 2.09 bits per heavy atom. The van der Waals surface area contributed by atoms with Crippen molar-refractivity contribution in [1.29, 1.82) is 0 Å². The van der Waals surface area contributed by atoms with Gasteiger partial charge in [-0.05, 0) is 37.6 Å². The van der Waals surface area contributed by atoms with Crippen molar-refractivity contribution in [3.8, 4) is 0 Å². The van der Waals surface area contributed by atoms with Gasteiger partial charge in [-0.15, -0.1) is 0 Å². The molecule has 1 aromatic heterocycles. The van der Waals surface area contributed by atoms with Gasteiger partial charge in [0.05, 0.1) is 0 Å². The SMILES string of the molecule is CN1CCc2c(cc(/C=C/C(=O)O)c(=O)n2C2CCCC2)C1. The average molecular weight is 302 g/mol. The maximum Gasteiger partial charge on any atom is 0.328 e. The minimum absolute atomic E-state index is 0.0345. The summed E-state index contributed by atoms with van der Waals surface area (Å²) in [6.45, 7) is 1.78. The molecule has 2 aliphatic rings. The van der Waals surface area contributed by atoms with Crippen molar-refractivity contribution in [1.82, 2.24) is 9.47 Å². The molecule has 5 heteroatoms. The molecule has 2 heterocycles. The van der Waals surface area contributed by atoms with E-state index in [1.807, 2.05) is 10.6 Å². The van der Waals surface area contributed by atoms with Gasteiger partial charge < -0.3 is 14.6 Å². The number of aliphatic carboxylic acids is 1. The highest BCUT2D eigenvalue weighted by Crippen LogP contribution is 2.31. The van der Waals surface area contributed by atoms with Crippen LogP contribution in [-0.4, -0.2) is 34.1 Å². The molecule has 118 valence electrons. The van der Waals surface area contributed by atoms with Gasteiger partial charge in [0.1, 0.15) is 0 Å². The van der Waals surface area contributed by atoms with Gasteiger partial charge in [-0.3, -0.25) is 4.79 Å². The molecule has 1 aliphatic carbocycles. The highest BCUT2D eigenvalue weighted by atomic mass is 16.4. The zero-order chi connectivity index (χ0) is 15.7. The van der Waals surface area contributed by atoms with E-state index in [0.29, 0.717) is 5.56 Å². The standard InChI is InChI=1S/C17H22N2O3/c1-18-9-8-15-13(11-18)10-12(6-7-16(20)21)17(22)19(15)14-4-2-3-5-14/h6-7,10,14H,2-5,8-9,11H2,1H3,(H,20,21)/b7-6+. The molecule has 0 bridgehead atoms. The van der Waals surface area contributed by atoms with Crippen LogP contribution >= 0.6 is 0 Å². The van der Waals surface area contributed by atoms with Gasteiger partial charge in [-0.2, -0.15) is 0 Å². The third-order valence-electron chi connectivity index (χ3n) is 4.72. The van der Waals surface area contributed by atoms with Gasteiger partial charge in [-0.1, -0.05) is 12.8 Å². The molecular weight excluding hydrogens is 280 g/mol. The van der Waals surface area contributed by atoms with Crippen LogP contribution in [0.1, 0.15) is 48.5 Å². The van der Waals surface area contributed by atoms with Crippen LogP contribution in [0.2, 0.25) is 0 Å². The van der Waals surface area contributed by atoms with E-state index in [0.717, 1.165) is 49.7 Å². The lowest BCUT2D eigenvalue weighted by Gasteiger charge is -2.30. The fourth-order valence-electron chi connectivity index (χ4n) is 3.66. The quantitative estimate of drug-likeness (QED) is 0.868. The van der Waals surface area contributed by atoms with Gasteiger partial charge in [0, 0.05) is 42.9 Å². The predicted octanol–water partition coefficient (Wildman–Crippen LogP) is 2.05. The molecule has 0 spiro atoms. The van der Waals surface area contributed by atoms with Crippen LogP contribution in [-0.2, 0) is 17.8 Å². The van der Waals surface area contributed by atoms with E-state index < -0.39 is 5.97 Å². The molecule has 0 aromatic carbocycles. The number of carboxylic acids is 1. The lowest BCUT2D eigenvalue weighted by Crippen LogP contribution is -2.36. The van der Waals surface area contributed by atoms with Gasteiger partial charge in [0.25, 0.3) is 5.56 Å². The Bertz CT molecular complexity index is 669. The third-order valence-corrected chi connectivity index (χ3v) is 4.72. The summed E-state index contributed by atoms with van der Waals surface area (Å²) in [4.78, 5) is 25.8. The number of pyridine rings is 1. The molecule has 1 aromatic rings. The number of carboxylic acid groups (broad SMARTS) is 1. The Labute approximate surface area is 129 Å². The summed E-state index contributed by atoms with van der Waals surface area (Å²) >= 11 is 0. The fraction of sp³-hybridized carbons (Fsp3) is 0.529. The number of rotatable bonds is 3. The Hall–Kier alpha value is -1.88. The highest BCUT2D eigenvalue weighted by Gasteiger charge is 2.25. The molecule has 0 radical (unpaired) electrons. The molecule has 0 atom stereocenters. The normalized spacial score (nSPS) is 19.7. The van der Waals surface area contributed by atoms with Crippen molar-refractivity contribution in [2.45, 2.75) is 44.7 Å². The van der Waals surface area contributed by atoms with Gasteiger partial charge in [0.15, 0.2) is 0 Å². The van der Waals surface area contributed by atoms with Crippen LogP contribution in [0.25, 0.3) is 6.08 Å². The summed E-state index contributed by atoms with van der Waals surface area (Å²) in [6, 6.07) is 2.15. The van der Waals surface area contributed by atoms with E-state index >= 15 is 0 Å². The van der Waals surface area contributed by atoms with Crippen LogP contribution < -0.4 is 5.56 Å². The van der Waals surface area contributed by atoms with E-state index in [2.05, 4.69) is 11.9 Å². The Balaban J connectivity index is 2.12. The van der Waals surface area contributed by atoms with Crippen molar-refractivity contribution in [2.24, 2.45) is 0 Å². The first-order chi connectivity index (χ1) is 10.6. The topological polar surface area (TPSA) is 62.5 Å². The third kappa shape index (κ3) is 2.86. The number of nitrogens with zero attached hydrogens (tertiary/aromatic N) is 2. The fourth-order valence-corrected chi connectivity index (χ4v) is 3.66. The Kier molecular flexibility index (Phi) is 4.16. The molecule has 0 unspecified atom stereocenters. The molecule has 3 rings (SSSR count). The smallest absolute Gasteiger partial charge is 0.328 e. The second-order valence-electron chi connectivity index (χ2n) is 6.34. The maximum absolute atomic E-state index is 12.8. The zero-order valence-corrected chi connectivity index (χ0v) is 12.9. The van der Waals surface area contributed by atoms with Crippen LogP contribution in [0.3, 0.4) is 0 Å². The summed E-state index contributed by atoms with van der Waals surface area (Å²) < 4.78 is 1.97. The molecule has 22 heavy (non-hydrogen) atoms. The average Bonchev–Trinajstić information content (AvgIpc) is 2.99. The summed E-state index contributed by atoms with van der Waals surface area (Å²) in [5.41, 5.74) is 2.77. The number of fused-ring (bicyclic) bond motifs is 1. The number of carbonyl (C=O) groups is 1. The van der Waals surface area contributed by atoms with Crippen LogP contribution in [0.5, 0.6) is 0 Å². The summed E-state index contributed by atoms with van der Waals surface area (Å²) in [6.07, 6.45) is 7.81. The summed E-state index contributed by atoms with van der Waals surface area (Å²) in [7, 11) is 2.07. The number of hydrogen-bond donors (Lipinski definition) is 1. The van der Waals surface area contributed by atoms with E-state index in [-0.39, 0.29) is 11.6 Å². The molecular formula is C17H22N2O3. The first-order valence-corrected chi connectivity index (χ1v) is 7.93. The first kappa shape index (κ1) is 15.0. The van der Waals surface area contributed by atoms with E-state index in [4.69, 9.17) is 5.11 Å². The number of aromatic nitrogens is 1. The van der Waals surface area contributed by atoms with Crippen LogP contribution in [0, 0.1) is 0 Å². The second-order valence-corrected chi connectivity index (χ2v) is 6.34. The second kappa shape index (κ2) is 6.08. The minimum atomic E-state index is -1.03. The Morgan fingerprint density at radius 3 is 2.77 bits per heavy atom. The van der Waals surface area contributed by atoms with Crippen molar-refractivity contribution in [3.63, 3.8) is 0 Å². The molecule has 1 saturated carbocycles. The van der Waals surface area contributed by atoms with Crippen LogP contribution in [0.15, 0.2) is 16.9 Å². The molecule has 1 N–H and O–H groups in total. The molecule has 1 fully saturated rings. The maximum atomic E-state index is 12.8. The lowest BCUT2D eigenvalue weighted by molar-refractivity contribution is -0.131. The summed E-state index contributed by atoms with van der Waals surface area (Å²) in [5.74, 6) is -1.03. The Morgan fingerprint density at radius 1 is 1.36 bits per heavy atom. The van der Waals surface area contributed by atoms with E-state index in [9.17, 15) is 9.59 Å². The van der Waals surface area contributed by atoms with Crippen molar-refractivity contribution >= 4 is 12.0 Å². The zero-order valence-electron chi connectivity index (χ0n) is 12.9. The molecule has 0 amide bonds. The van der Waals surface area contributed by atoms with Crippen LogP contribution in [0.4, 0.5) is 0 Å². The molecule has 5 nitrogen and oxygen atoms in total. The number of likely N-dealkylation sites (N-methyl/N-ethyl adjacent to an activating group) is 1. The number of hydrogen-bond acceptors (Lipinski definition) is 3. The van der Waals surface area contributed by atoms with Gasteiger partial charge in [0.2, 0.25) is 0 Å². The van der Waals surface area contributed by atoms with Crippen molar-refractivity contribution in [3.05, 3.63) is 39.3 Å². The largest absolute Gasteiger partial charge is 0.478 e. The highest BCUT2D eigenvalue weighted by molar-refractivity contribution is 5.85. The predicted molar refractivity (Wildman–Crippen MR) is 84.9 cm³/mol. The summed E-state index contributed by atoms with van der Waals surface area (Å²) in [5, 5.41) is 8.82. The minimum Gasteiger partial charge on any atom is -0.478 e. The van der Waals surface area contributed by atoms with Crippen molar-refractivity contribution < 1.29 is 9.90 Å². The molecule has 1 aliphatic heterocycles. The lowest BCUT2D eigenvalue weighted by atomic mass is 10.0. The van der Waals surface area contributed by atoms with Crippen molar-refractivity contribution in [2.75, 3.05) is 13.6 Å².